The van der Waals surface area contributed by atoms with Crippen LogP contribution in [0.1, 0.15) is 30.7 Å². The lowest BCUT2D eigenvalue weighted by atomic mass is 10.2. The standard InChI is InChI=1S/C18H20F2N4O/c19-17(20)16-7-4-8-23(16)18(25)22-15-9-14(15)12-10-21-24(11-12)13-5-2-1-3-6-13/h1-3,5-6,10-11,14-17H,4,7-9H2,(H,22,25)/t14-,15+,16-/m0/s1. The summed E-state index contributed by atoms with van der Waals surface area (Å²) in [6.07, 6.45) is 3.13. The van der Waals surface area contributed by atoms with Gasteiger partial charge in [-0.15, -0.1) is 0 Å². The molecular formula is C18H20F2N4O. The number of benzene rings is 1. The van der Waals surface area contributed by atoms with Crippen LogP contribution in [0.5, 0.6) is 0 Å². The first-order valence-corrected chi connectivity index (χ1v) is 8.59. The second-order valence-corrected chi connectivity index (χ2v) is 6.69. The van der Waals surface area contributed by atoms with E-state index in [-0.39, 0.29) is 18.0 Å². The van der Waals surface area contributed by atoms with Gasteiger partial charge in [-0.3, -0.25) is 0 Å². The number of carbonyl (C=O) groups is 1. The second-order valence-electron chi connectivity index (χ2n) is 6.69. The summed E-state index contributed by atoms with van der Waals surface area (Å²) >= 11 is 0. The van der Waals surface area contributed by atoms with Crippen molar-refractivity contribution in [1.29, 1.82) is 0 Å². The van der Waals surface area contributed by atoms with Crippen LogP contribution >= 0.6 is 0 Å². The van der Waals surface area contributed by atoms with Crippen LogP contribution < -0.4 is 5.32 Å². The largest absolute Gasteiger partial charge is 0.335 e. The van der Waals surface area contributed by atoms with E-state index in [2.05, 4.69) is 10.4 Å². The number of aromatic nitrogens is 2. The van der Waals surface area contributed by atoms with Crippen LogP contribution in [0.3, 0.4) is 0 Å². The van der Waals surface area contributed by atoms with Crippen molar-refractivity contribution in [2.75, 3.05) is 6.54 Å². The van der Waals surface area contributed by atoms with E-state index in [0.717, 1.165) is 17.7 Å². The van der Waals surface area contributed by atoms with Crippen molar-refractivity contribution in [2.24, 2.45) is 0 Å². The number of hydrogen-bond donors (Lipinski definition) is 1. The highest BCUT2D eigenvalue weighted by molar-refractivity contribution is 5.76. The van der Waals surface area contributed by atoms with Crippen LogP contribution in [0.2, 0.25) is 0 Å². The van der Waals surface area contributed by atoms with Gasteiger partial charge in [0.2, 0.25) is 0 Å². The zero-order chi connectivity index (χ0) is 17.4. The van der Waals surface area contributed by atoms with Crippen molar-refractivity contribution in [3.63, 3.8) is 0 Å². The van der Waals surface area contributed by atoms with Crippen LogP contribution in [0.15, 0.2) is 42.7 Å². The number of nitrogens with zero attached hydrogens (tertiary/aromatic N) is 3. The molecule has 2 heterocycles. The third kappa shape index (κ3) is 3.23. The van der Waals surface area contributed by atoms with Crippen molar-refractivity contribution in [1.82, 2.24) is 20.0 Å². The first kappa shape index (κ1) is 16.1. The van der Waals surface area contributed by atoms with E-state index in [1.54, 1.807) is 4.68 Å². The average molecular weight is 346 g/mol. The topological polar surface area (TPSA) is 50.2 Å². The number of nitrogens with one attached hydrogen (secondary N) is 1. The Morgan fingerprint density at radius 2 is 2.08 bits per heavy atom. The Labute approximate surface area is 144 Å². The highest BCUT2D eigenvalue weighted by Crippen LogP contribution is 2.41. The van der Waals surface area contributed by atoms with E-state index in [1.165, 1.54) is 4.90 Å². The fraction of sp³-hybridized carbons (Fsp3) is 0.444. The monoisotopic (exact) mass is 346 g/mol. The first-order valence-electron chi connectivity index (χ1n) is 8.59. The molecule has 132 valence electrons. The van der Waals surface area contributed by atoms with Gasteiger partial charge in [-0.05, 0) is 37.0 Å². The molecule has 1 aliphatic heterocycles. The molecule has 2 aliphatic rings. The van der Waals surface area contributed by atoms with E-state index >= 15 is 0 Å². The number of halogens is 2. The summed E-state index contributed by atoms with van der Waals surface area (Å²) < 4.78 is 27.8. The summed E-state index contributed by atoms with van der Waals surface area (Å²) in [5, 5.41) is 7.26. The summed E-state index contributed by atoms with van der Waals surface area (Å²) in [7, 11) is 0. The second kappa shape index (κ2) is 6.46. The highest BCUT2D eigenvalue weighted by atomic mass is 19.3. The molecule has 2 aromatic rings. The fourth-order valence-corrected chi connectivity index (χ4v) is 3.52. The SMILES string of the molecule is O=C(N[C@@H]1C[C@H]1c1cnn(-c2ccccc2)c1)N1CCC[C@H]1C(F)F. The quantitative estimate of drug-likeness (QED) is 0.924. The van der Waals surface area contributed by atoms with E-state index < -0.39 is 12.5 Å². The summed E-state index contributed by atoms with van der Waals surface area (Å²) in [6, 6.07) is 8.48. The summed E-state index contributed by atoms with van der Waals surface area (Å²) in [5.74, 6) is 0.203. The Bertz CT molecular complexity index is 749. The normalized spacial score (nSPS) is 25.4. The number of alkyl halides is 2. The maximum absolute atomic E-state index is 13.0. The molecule has 1 saturated carbocycles. The average Bonchev–Trinajstić information content (AvgIpc) is 3.06. The summed E-state index contributed by atoms with van der Waals surface area (Å²) in [4.78, 5) is 13.6. The lowest BCUT2D eigenvalue weighted by molar-refractivity contribution is 0.0606. The molecule has 7 heteroatoms. The smallest absolute Gasteiger partial charge is 0.318 e. The van der Waals surface area contributed by atoms with E-state index in [4.69, 9.17) is 0 Å². The molecule has 2 fully saturated rings. The maximum Gasteiger partial charge on any atom is 0.318 e. The Morgan fingerprint density at radius 3 is 2.84 bits per heavy atom. The van der Waals surface area contributed by atoms with Gasteiger partial charge in [-0.2, -0.15) is 5.10 Å². The summed E-state index contributed by atoms with van der Waals surface area (Å²) in [6.45, 7) is 0.407. The van der Waals surface area contributed by atoms with Crippen molar-refractivity contribution in [2.45, 2.75) is 43.7 Å². The third-order valence-electron chi connectivity index (χ3n) is 5.00. The number of amides is 2. The minimum absolute atomic E-state index is 0.000143. The minimum atomic E-state index is -2.48. The van der Waals surface area contributed by atoms with Gasteiger partial charge < -0.3 is 10.2 Å². The molecule has 0 radical (unpaired) electrons. The molecule has 0 spiro atoms. The van der Waals surface area contributed by atoms with Gasteiger partial charge in [-0.1, -0.05) is 18.2 Å². The van der Waals surface area contributed by atoms with Gasteiger partial charge in [0.25, 0.3) is 6.43 Å². The predicted molar refractivity (Wildman–Crippen MR) is 89.0 cm³/mol. The molecular weight excluding hydrogens is 326 g/mol. The van der Waals surface area contributed by atoms with E-state index in [1.807, 2.05) is 42.7 Å². The van der Waals surface area contributed by atoms with Gasteiger partial charge in [0.05, 0.1) is 17.9 Å². The van der Waals surface area contributed by atoms with Crippen LogP contribution in [-0.4, -0.2) is 45.8 Å². The molecule has 1 aromatic heterocycles. The fourth-order valence-electron chi connectivity index (χ4n) is 3.52. The maximum atomic E-state index is 13.0. The van der Waals surface area contributed by atoms with Crippen LogP contribution in [-0.2, 0) is 0 Å². The Morgan fingerprint density at radius 1 is 1.28 bits per heavy atom. The number of carbonyl (C=O) groups excluding carboxylic acids is 1. The number of urea groups is 1. The minimum Gasteiger partial charge on any atom is -0.335 e. The number of hydrogen-bond acceptors (Lipinski definition) is 2. The molecule has 1 N–H and O–H groups in total. The molecule has 0 unspecified atom stereocenters. The molecule has 5 nitrogen and oxygen atoms in total. The number of para-hydroxylation sites is 1. The van der Waals surface area contributed by atoms with Gasteiger partial charge in [-0.25, -0.2) is 18.3 Å². The lowest BCUT2D eigenvalue weighted by Gasteiger charge is -2.24. The van der Waals surface area contributed by atoms with Gasteiger partial charge in [0, 0.05) is 24.7 Å². The van der Waals surface area contributed by atoms with Gasteiger partial charge in [0.1, 0.15) is 0 Å². The molecule has 1 aliphatic carbocycles. The Kier molecular flexibility index (Phi) is 4.15. The van der Waals surface area contributed by atoms with Crippen LogP contribution in [0.25, 0.3) is 5.69 Å². The third-order valence-corrected chi connectivity index (χ3v) is 5.00. The Hall–Kier alpha value is -2.44. The number of rotatable bonds is 4. The van der Waals surface area contributed by atoms with Gasteiger partial charge in [0.15, 0.2) is 0 Å². The number of likely N-dealkylation sites (tertiary alicyclic amines) is 1. The zero-order valence-electron chi connectivity index (χ0n) is 13.7. The van der Waals surface area contributed by atoms with Crippen molar-refractivity contribution >= 4 is 6.03 Å². The molecule has 3 atom stereocenters. The highest BCUT2D eigenvalue weighted by Gasteiger charge is 2.43. The van der Waals surface area contributed by atoms with Crippen LogP contribution in [0, 0.1) is 0 Å². The van der Waals surface area contributed by atoms with Crippen molar-refractivity contribution in [3.8, 4) is 5.69 Å². The molecule has 1 aromatic carbocycles. The van der Waals surface area contributed by atoms with Crippen molar-refractivity contribution in [3.05, 3.63) is 48.3 Å². The summed E-state index contributed by atoms with van der Waals surface area (Å²) in [5.41, 5.74) is 2.04. The van der Waals surface area contributed by atoms with E-state index in [0.29, 0.717) is 19.4 Å². The molecule has 0 bridgehead atoms. The van der Waals surface area contributed by atoms with Crippen molar-refractivity contribution < 1.29 is 13.6 Å². The predicted octanol–water partition coefficient (Wildman–Crippen LogP) is 3.17. The molecule has 2 amide bonds. The lowest BCUT2D eigenvalue weighted by Crippen LogP contribution is -2.46. The molecule has 25 heavy (non-hydrogen) atoms. The van der Waals surface area contributed by atoms with Crippen LogP contribution in [0.4, 0.5) is 13.6 Å². The first-order chi connectivity index (χ1) is 12.1. The van der Waals surface area contributed by atoms with Gasteiger partial charge >= 0.3 is 6.03 Å². The zero-order valence-corrected chi connectivity index (χ0v) is 13.7. The molecule has 4 rings (SSSR count). The Balaban J connectivity index is 1.37. The van der Waals surface area contributed by atoms with E-state index in [9.17, 15) is 13.6 Å². The molecule has 1 saturated heterocycles.